The van der Waals surface area contributed by atoms with Gasteiger partial charge in [-0.2, -0.15) is 0 Å². The SMILES string of the molecule is CCNC(=NCc1ccccc1OC(C)(C)C)NC1CCN(CC(N)=O)CC1.I. The number of carbonyl (C=O) groups excluding carboxylic acids is 1. The first-order chi connectivity index (χ1) is 13.3. The van der Waals surface area contributed by atoms with Crippen molar-refractivity contribution >= 4 is 35.8 Å². The predicted molar refractivity (Wildman–Crippen MR) is 129 cm³/mol. The molecule has 164 valence electrons. The summed E-state index contributed by atoms with van der Waals surface area (Å²) in [5.41, 5.74) is 6.10. The van der Waals surface area contributed by atoms with Gasteiger partial charge >= 0.3 is 0 Å². The van der Waals surface area contributed by atoms with Gasteiger partial charge in [0.25, 0.3) is 0 Å². The number of amides is 1. The Labute approximate surface area is 191 Å². The number of para-hydroxylation sites is 1. The summed E-state index contributed by atoms with van der Waals surface area (Å²) in [6.45, 7) is 11.6. The Hall–Kier alpha value is -1.55. The van der Waals surface area contributed by atoms with Gasteiger partial charge in [-0.25, -0.2) is 4.99 Å². The zero-order valence-electron chi connectivity index (χ0n) is 18.0. The zero-order valence-corrected chi connectivity index (χ0v) is 20.4. The Morgan fingerprint density at radius 1 is 1.28 bits per heavy atom. The van der Waals surface area contributed by atoms with Gasteiger partial charge in [0.05, 0.1) is 13.1 Å². The lowest BCUT2D eigenvalue weighted by Crippen LogP contribution is -2.49. The third kappa shape index (κ3) is 9.66. The summed E-state index contributed by atoms with van der Waals surface area (Å²) < 4.78 is 6.07. The number of nitrogens with two attached hydrogens (primary N) is 1. The second-order valence-corrected chi connectivity index (χ2v) is 8.18. The number of aliphatic imine (C=N–C) groups is 1. The molecule has 0 spiro atoms. The summed E-state index contributed by atoms with van der Waals surface area (Å²) in [5.74, 6) is 1.41. The first-order valence-corrected chi connectivity index (χ1v) is 10.1. The lowest BCUT2D eigenvalue weighted by molar-refractivity contribution is -0.119. The van der Waals surface area contributed by atoms with Crippen LogP contribution in [0.15, 0.2) is 29.3 Å². The van der Waals surface area contributed by atoms with Crippen molar-refractivity contribution in [2.45, 2.75) is 58.7 Å². The topological polar surface area (TPSA) is 92.0 Å². The number of hydrogen-bond acceptors (Lipinski definition) is 4. The molecule has 1 aliphatic rings. The molecule has 0 bridgehead atoms. The smallest absolute Gasteiger partial charge is 0.231 e. The maximum atomic E-state index is 11.1. The van der Waals surface area contributed by atoms with Gasteiger partial charge in [0.15, 0.2) is 5.96 Å². The molecule has 1 fully saturated rings. The minimum Gasteiger partial charge on any atom is -0.488 e. The Morgan fingerprint density at radius 3 is 2.52 bits per heavy atom. The van der Waals surface area contributed by atoms with Crippen LogP contribution < -0.4 is 21.1 Å². The molecular weight excluding hydrogens is 481 g/mol. The van der Waals surface area contributed by atoms with Crippen molar-refractivity contribution < 1.29 is 9.53 Å². The number of nitrogens with one attached hydrogen (secondary N) is 2. The van der Waals surface area contributed by atoms with Crippen LogP contribution in [-0.2, 0) is 11.3 Å². The number of ether oxygens (including phenoxy) is 1. The Morgan fingerprint density at radius 2 is 1.93 bits per heavy atom. The second kappa shape index (κ2) is 12.2. The highest BCUT2D eigenvalue weighted by Crippen LogP contribution is 2.23. The Balaban J connectivity index is 0.00000420. The average molecular weight is 517 g/mol. The first kappa shape index (κ1) is 25.5. The monoisotopic (exact) mass is 517 g/mol. The van der Waals surface area contributed by atoms with Gasteiger partial charge in [-0.05, 0) is 46.6 Å². The summed E-state index contributed by atoms with van der Waals surface area (Å²) in [4.78, 5) is 17.9. The highest BCUT2D eigenvalue weighted by molar-refractivity contribution is 14.0. The molecule has 1 aromatic carbocycles. The van der Waals surface area contributed by atoms with E-state index in [2.05, 4.69) is 28.5 Å². The quantitative estimate of drug-likeness (QED) is 0.294. The van der Waals surface area contributed by atoms with Crippen molar-refractivity contribution in [1.29, 1.82) is 0 Å². The number of guanidine groups is 1. The van der Waals surface area contributed by atoms with Gasteiger partial charge in [-0.3, -0.25) is 9.69 Å². The molecule has 7 nitrogen and oxygen atoms in total. The molecular formula is C21H36IN5O2. The van der Waals surface area contributed by atoms with E-state index in [4.69, 9.17) is 15.5 Å². The van der Waals surface area contributed by atoms with Crippen LogP contribution in [0.4, 0.5) is 0 Å². The largest absolute Gasteiger partial charge is 0.488 e. The summed E-state index contributed by atoms with van der Waals surface area (Å²) in [6, 6.07) is 8.37. The number of likely N-dealkylation sites (tertiary alicyclic amines) is 1. The van der Waals surface area contributed by atoms with E-state index in [1.165, 1.54) is 0 Å². The molecule has 1 aliphatic heterocycles. The van der Waals surface area contributed by atoms with E-state index in [9.17, 15) is 4.79 Å². The number of nitrogens with zero attached hydrogens (tertiary/aromatic N) is 2. The molecule has 0 atom stereocenters. The number of benzene rings is 1. The highest BCUT2D eigenvalue weighted by atomic mass is 127. The molecule has 0 radical (unpaired) electrons. The van der Waals surface area contributed by atoms with E-state index in [0.29, 0.717) is 19.1 Å². The fourth-order valence-electron chi connectivity index (χ4n) is 3.20. The highest BCUT2D eigenvalue weighted by Gasteiger charge is 2.21. The third-order valence-electron chi connectivity index (χ3n) is 4.45. The van der Waals surface area contributed by atoms with E-state index in [0.717, 1.165) is 49.7 Å². The number of primary amides is 1. The molecule has 8 heteroatoms. The normalized spacial score (nSPS) is 16.1. The molecule has 1 amide bonds. The van der Waals surface area contributed by atoms with Crippen LogP contribution in [0, 0.1) is 0 Å². The standard InChI is InChI=1S/C21H35N5O2.HI/c1-5-23-20(25-17-10-12-26(13-11-17)15-19(22)27)24-14-16-8-6-7-9-18(16)28-21(2,3)4;/h6-9,17H,5,10-15H2,1-4H3,(H2,22,27)(H2,23,24,25);1H. The van der Waals surface area contributed by atoms with Crippen molar-refractivity contribution in [3.63, 3.8) is 0 Å². The fraction of sp³-hybridized carbons (Fsp3) is 0.619. The molecule has 29 heavy (non-hydrogen) atoms. The van der Waals surface area contributed by atoms with E-state index in [1.807, 2.05) is 39.0 Å². The number of hydrogen-bond donors (Lipinski definition) is 3. The molecule has 2 rings (SSSR count). The van der Waals surface area contributed by atoms with Gasteiger partial charge in [0.1, 0.15) is 11.4 Å². The number of halogens is 1. The van der Waals surface area contributed by atoms with Crippen LogP contribution in [0.2, 0.25) is 0 Å². The molecule has 1 saturated heterocycles. The number of piperidine rings is 1. The van der Waals surface area contributed by atoms with Crippen LogP contribution in [0.3, 0.4) is 0 Å². The maximum absolute atomic E-state index is 11.1. The van der Waals surface area contributed by atoms with Gasteiger partial charge in [-0.15, -0.1) is 24.0 Å². The number of carbonyl (C=O) groups is 1. The Kier molecular flexibility index (Phi) is 10.7. The summed E-state index contributed by atoms with van der Waals surface area (Å²) in [5, 5.41) is 6.85. The fourth-order valence-corrected chi connectivity index (χ4v) is 3.20. The predicted octanol–water partition coefficient (Wildman–Crippen LogP) is 2.49. The molecule has 1 heterocycles. The lowest BCUT2D eigenvalue weighted by Gasteiger charge is -2.32. The average Bonchev–Trinajstić information content (AvgIpc) is 2.61. The van der Waals surface area contributed by atoms with Crippen LogP contribution in [0.25, 0.3) is 0 Å². The molecule has 0 aliphatic carbocycles. The summed E-state index contributed by atoms with van der Waals surface area (Å²) in [7, 11) is 0. The first-order valence-electron chi connectivity index (χ1n) is 10.1. The molecule has 0 unspecified atom stereocenters. The Bertz CT molecular complexity index is 667. The van der Waals surface area contributed by atoms with Gasteiger partial charge in [0, 0.05) is 31.2 Å². The maximum Gasteiger partial charge on any atom is 0.231 e. The van der Waals surface area contributed by atoms with Crippen LogP contribution in [0.5, 0.6) is 5.75 Å². The van der Waals surface area contributed by atoms with E-state index in [-0.39, 0.29) is 35.5 Å². The van der Waals surface area contributed by atoms with Crippen molar-refractivity contribution in [1.82, 2.24) is 15.5 Å². The minimum absolute atomic E-state index is 0. The van der Waals surface area contributed by atoms with Gasteiger partial charge in [0.2, 0.25) is 5.91 Å². The molecule has 4 N–H and O–H groups in total. The number of rotatable bonds is 7. The van der Waals surface area contributed by atoms with Crippen molar-refractivity contribution in [2.75, 3.05) is 26.2 Å². The minimum atomic E-state index is -0.266. The van der Waals surface area contributed by atoms with Crippen LogP contribution >= 0.6 is 24.0 Å². The van der Waals surface area contributed by atoms with Crippen molar-refractivity contribution in [2.24, 2.45) is 10.7 Å². The van der Waals surface area contributed by atoms with Gasteiger partial charge < -0.3 is 21.1 Å². The third-order valence-corrected chi connectivity index (χ3v) is 4.45. The van der Waals surface area contributed by atoms with Crippen molar-refractivity contribution in [3.05, 3.63) is 29.8 Å². The molecule has 0 aromatic heterocycles. The van der Waals surface area contributed by atoms with E-state index < -0.39 is 0 Å². The molecule has 0 saturated carbocycles. The van der Waals surface area contributed by atoms with Crippen molar-refractivity contribution in [3.8, 4) is 5.75 Å². The summed E-state index contributed by atoms with van der Waals surface area (Å²) >= 11 is 0. The molecule has 1 aromatic rings. The van der Waals surface area contributed by atoms with Gasteiger partial charge in [-0.1, -0.05) is 18.2 Å². The van der Waals surface area contributed by atoms with Crippen LogP contribution in [-0.4, -0.2) is 54.6 Å². The van der Waals surface area contributed by atoms with E-state index in [1.54, 1.807) is 0 Å². The lowest BCUT2D eigenvalue weighted by atomic mass is 10.1. The summed E-state index contributed by atoms with van der Waals surface area (Å²) in [6.07, 6.45) is 1.92. The van der Waals surface area contributed by atoms with Crippen LogP contribution in [0.1, 0.15) is 46.1 Å². The second-order valence-electron chi connectivity index (χ2n) is 8.18. The van der Waals surface area contributed by atoms with E-state index >= 15 is 0 Å². The zero-order chi connectivity index (χ0) is 20.6.